The standard InChI is InChI=1S/C12H26N4O2S/c1-15(9-5-8-13-12-6-7-12)19(17,18)14-16-10-3-2-4-11-16/h12-14H,2-11H2,1H3. The molecule has 112 valence electrons. The van der Waals surface area contributed by atoms with Gasteiger partial charge in [0.15, 0.2) is 0 Å². The van der Waals surface area contributed by atoms with Crippen molar-refractivity contribution in [1.82, 2.24) is 19.5 Å². The minimum atomic E-state index is -3.36. The Bertz CT molecular complexity index is 364. The predicted octanol–water partition coefficient (Wildman–Crippen LogP) is 0.296. The van der Waals surface area contributed by atoms with Crippen LogP contribution < -0.4 is 10.1 Å². The van der Waals surface area contributed by atoms with Crippen molar-refractivity contribution in [3.05, 3.63) is 0 Å². The molecule has 0 radical (unpaired) electrons. The lowest BCUT2D eigenvalue weighted by Crippen LogP contribution is -2.50. The summed E-state index contributed by atoms with van der Waals surface area (Å²) in [5, 5.41) is 5.21. The molecule has 19 heavy (non-hydrogen) atoms. The average molecular weight is 290 g/mol. The Kier molecular flexibility index (Phi) is 5.58. The number of hydrogen-bond donors (Lipinski definition) is 2. The third kappa shape index (κ3) is 5.35. The molecule has 1 saturated heterocycles. The Hall–Kier alpha value is -0.210. The van der Waals surface area contributed by atoms with Crippen LogP contribution in [0.5, 0.6) is 0 Å². The van der Waals surface area contributed by atoms with E-state index in [0.717, 1.165) is 38.9 Å². The number of nitrogens with one attached hydrogen (secondary N) is 2. The molecule has 2 N–H and O–H groups in total. The Morgan fingerprint density at radius 3 is 2.53 bits per heavy atom. The third-order valence-corrected chi connectivity index (χ3v) is 5.16. The Morgan fingerprint density at radius 2 is 1.89 bits per heavy atom. The van der Waals surface area contributed by atoms with E-state index in [1.54, 1.807) is 7.05 Å². The summed E-state index contributed by atoms with van der Waals surface area (Å²) in [6, 6.07) is 0.688. The third-order valence-electron chi connectivity index (χ3n) is 3.67. The molecule has 0 bridgehead atoms. The van der Waals surface area contributed by atoms with Gasteiger partial charge in [0.25, 0.3) is 10.2 Å². The number of hydrogen-bond acceptors (Lipinski definition) is 4. The van der Waals surface area contributed by atoms with E-state index in [-0.39, 0.29) is 0 Å². The molecule has 2 rings (SSSR count). The van der Waals surface area contributed by atoms with Crippen molar-refractivity contribution in [2.75, 3.05) is 33.2 Å². The summed E-state index contributed by atoms with van der Waals surface area (Å²) < 4.78 is 25.6. The van der Waals surface area contributed by atoms with Gasteiger partial charge in [-0.1, -0.05) is 6.42 Å². The van der Waals surface area contributed by atoms with Crippen LogP contribution in [0.2, 0.25) is 0 Å². The van der Waals surface area contributed by atoms with Crippen molar-refractivity contribution < 1.29 is 8.42 Å². The Morgan fingerprint density at radius 1 is 1.21 bits per heavy atom. The molecule has 6 nitrogen and oxygen atoms in total. The van der Waals surface area contributed by atoms with Gasteiger partial charge in [0.05, 0.1) is 0 Å². The highest BCUT2D eigenvalue weighted by molar-refractivity contribution is 7.87. The minimum absolute atomic E-state index is 0.558. The summed E-state index contributed by atoms with van der Waals surface area (Å²) in [4.78, 5) is 2.67. The molecule has 1 heterocycles. The van der Waals surface area contributed by atoms with Gasteiger partial charge in [0.2, 0.25) is 0 Å². The first-order valence-electron chi connectivity index (χ1n) is 7.30. The van der Waals surface area contributed by atoms with E-state index in [9.17, 15) is 8.42 Å². The fourth-order valence-corrected chi connectivity index (χ4v) is 3.25. The maximum Gasteiger partial charge on any atom is 0.292 e. The average Bonchev–Trinajstić information content (AvgIpc) is 3.19. The molecular weight excluding hydrogens is 264 g/mol. The number of hydrazine groups is 1. The second-order valence-corrected chi connectivity index (χ2v) is 7.30. The maximum atomic E-state index is 12.1. The largest absolute Gasteiger partial charge is 0.314 e. The first-order chi connectivity index (χ1) is 9.08. The first-order valence-corrected chi connectivity index (χ1v) is 8.74. The van der Waals surface area contributed by atoms with Crippen LogP contribution in [0.15, 0.2) is 0 Å². The van der Waals surface area contributed by atoms with Crippen LogP contribution in [0.4, 0.5) is 0 Å². The lowest BCUT2D eigenvalue weighted by Gasteiger charge is -2.29. The van der Waals surface area contributed by atoms with Gasteiger partial charge < -0.3 is 5.32 Å². The van der Waals surface area contributed by atoms with Gasteiger partial charge in [-0.25, -0.2) is 5.01 Å². The summed E-state index contributed by atoms with van der Waals surface area (Å²) in [7, 11) is -1.72. The van der Waals surface area contributed by atoms with Crippen LogP contribution in [-0.4, -0.2) is 57.0 Å². The predicted molar refractivity (Wildman–Crippen MR) is 75.8 cm³/mol. The highest BCUT2D eigenvalue weighted by Gasteiger charge is 2.23. The molecule has 0 spiro atoms. The summed E-state index contributed by atoms with van der Waals surface area (Å²) in [6.45, 7) is 3.09. The van der Waals surface area contributed by atoms with Crippen molar-refractivity contribution in [2.45, 2.75) is 44.6 Å². The van der Waals surface area contributed by atoms with Gasteiger partial charge >= 0.3 is 0 Å². The van der Waals surface area contributed by atoms with Crippen LogP contribution in [0.25, 0.3) is 0 Å². The summed E-state index contributed by atoms with van der Waals surface area (Å²) in [6.07, 6.45) is 6.72. The molecule has 0 aromatic rings. The Labute approximate surface area is 116 Å². The molecule has 0 atom stereocenters. The maximum absolute atomic E-state index is 12.1. The molecule has 2 fully saturated rings. The smallest absolute Gasteiger partial charge is 0.292 e. The van der Waals surface area contributed by atoms with Crippen molar-refractivity contribution >= 4 is 10.2 Å². The van der Waals surface area contributed by atoms with Crippen LogP contribution in [0, 0.1) is 0 Å². The van der Waals surface area contributed by atoms with E-state index in [4.69, 9.17) is 0 Å². The minimum Gasteiger partial charge on any atom is -0.314 e. The summed E-state index contributed by atoms with van der Waals surface area (Å²) in [5.41, 5.74) is 0. The van der Waals surface area contributed by atoms with E-state index in [0.29, 0.717) is 12.6 Å². The fraction of sp³-hybridized carbons (Fsp3) is 1.00. The van der Waals surface area contributed by atoms with Crippen LogP contribution in [0.1, 0.15) is 38.5 Å². The second-order valence-electron chi connectivity index (χ2n) is 5.55. The second kappa shape index (κ2) is 6.99. The number of piperidine rings is 1. The van der Waals surface area contributed by atoms with E-state index < -0.39 is 10.2 Å². The van der Waals surface area contributed by atoms with Crippen molar-refractivity contribution in [2.24, 2.45) is 0 Å². The zero-order valence-electron chi connectivity index (χ0n) is 11.8. The van der Waals surface area contributed by atoms with Crippen molar-refractivity contribution in [3.8, 4) is 0 Å². The normalized spacial score (nSPS) is 22.0. The van der Waals surface area contributed by atoms with Gasteiger partial charge in [-0.05, 0) is 38.6 Å². The molecule has 0 aromatic carbocycles. The fourth-order valence-electron chi connectivity index (χ4n) is 2.23. The van der Waals surface area contributed by atoms with Crippen LogP contribution >= 0.6 is 0 Å². The molecular formula is C12H26N4O2S. The van der Waals surface area contributed by atoms with Crippen LogP contribution in [0.3, 0.4) is 0 Å². The monoisotopic (exact) mass is 290 g/mol. The molecule has 0 amide bonds. The SMILES string of the molecule is CN(CCCNC1CC1)S(=O)(=O)NN1CCCCC1. The zero-order valence-corrected chi connectivity index (χ0v) is 12.6. The van der Waals surface area contributed by atoms with E-state index >= 15 is 0 Å². The lowest BCUT2D eigenvalue weighted by molar-refractivity contribution is 0.194. The molecule has 1 aliphatic carbocycles. The summed E-state index contributed by atoms with van der Waals surface area (Å²) >= 11 is 0. The molecule has 1 saturated carbocycles. The van der Waals surface area contributed by atoms with E-state index in [1.165, 1.54) is 23.6 Å². The number of nitrogens with zero attached hydrogens (tertiary/aromatic N) is 2. The molecule has 0 unspecified atom stereocenters. The number of rotatable bonds is 8. The van der Waals surface area contributed by atoms with Crippen molar-refractivity contribution in [1.29, 1.82) is 0 Å². The first kappa shape index (κ1) is 15.2. The highest BCUT2D eigenvalue weighted by atomic mass is 32.2. The molecule has 0 aromatic heterocycles. The summed E-state index contributed by atoms with van der Waals surface area (Å²) in [5.74, 6) is 0. The van der Waals surface area contributed by atoms with Gasteiger partial charge in [-0.15, -0.1) is 4.83 Å². The van der Waals surface area contributed by atoms with Gasteiger partial charge in [0.1, 0.15) is 0 Å². The molecule has 7 heteroatoms. The lowest BCUT2D eigenvalue weighted by atomic mass is 10.2. The highest BCUT2D eigenvalue weighted by Crippen LogP contribution is 2.18. The van der Waals surface area contributed by atoms with Crippen molar-refractivity contribution in [3.63, 3.8) is 0 Å². The van der Waals surface area contributed by atoms with Gasteiger partial charge in [-0.2, -0.15) is 12.7 Å². The zero-order chi connectivity index (χ0) is 13.7. The van der Waals surface area contributed by atoms with Gasteiger partial charge in [0, 0.05) is 32.7 Å². The topological polar surface area (TPSA) is 64.7 Å². The molecule has 2 aliphatic rings. The van der Waals surface area contributed by atoms with E-state index in [2.05, 4.69) is 10.1 Å². The molecule has 1 aliphatic heterocycles. The quantitative estimate of drug-likeness (QED) is 0.631. The van der Waals surface area contributed by atoms with E-state index in [1.807, 2.05) is 5.01 Å². The van der Waals surface area contributed by atoms with Crippen LogP contribution in [-0.2, 0) is 10.2 Å². The van der Waals surface area contributed by atoms with Gasteiger partial charge in [-0.3, -0.25) is 0 Å². The Balaban J connectivity index is 1.67.